The molecule has 0 unspecified atom stereocenters. The number of carbonyl (C=O) groups is 6. The second-order valence-corrected chi connectivity index (χ2v) is 18.8. The Morgan fingerprint density at radius 1 is 0.468 bits per heavy atom. The van der Waals surface area contributed by atoms with Crippen LogP contribution >= 0.6 is 0 Å². The molecule has 0 saturated carbocycles. The molecule has 0 aliphatic rings. The zero-order valence-electron chi connectivity index (χ0n) is 39.7. The van der Waals surface area contributed by atoms with Crippen molar-refractivity contribution < 1.29 is 43.3 Å². The van der Waals surface area contributed by atoms with Gasteiger partial charge < -0.3 is 34.2 Å². The fourth-order valence-electron chi connectivity index (χ4n) is 6.32. The third-order valence-corrected chi connectivity index (χ3v) is 9.61. The molecule has 2 aromatic carbocycles. The second kappa shape index (κ2) is 23.9. The van der Waals surface area contributed by atoms with Gasteiger partial charge in [0.1, 0.15) is 37.4 Å². The number of aliphatic hydroxyl groups is 1. The summed E-state index contributed by atoms with van der Waals surface area (Å²) in [4.78, 5) is 90.7. The molecule has 0 fully saturated rings. The minimum Gasteiger partial charge on any atom is -0.444 e. The number of hydrogen-bond donors (Lipinski definition) is 1. The Bertz CT molecular complexity index is 1630. The Labute approximate surface area is 370 Å². The van der Waals surface area contributed by atoms with Gasteiger partial charge in [0.05, 0.1) is 6.10 Å². The molecule has 0 spiro atoms. The first-order chi connectivity index (χ1) is 28.7. The number of carbonyl (C=O) groups excluding carboxylic acids is 6. The second-order valence-electron chi connectivity index (χ2n) is 18.8. The van der Waals surface area contributed by atoms with Gasteiger partial charge in [0, 0.05) is 50.3 Å². The number of aliphatic hydroxyl groups excluding tert-OH is 1. The molecule has 6 amide bonds. The summed E-state index contributed by atoms with van der Waals surface area (Å²) >= 11 is 0. The van der Waals surface area contributed by atoms with E-state index in [-0.39, 0.29) is 64.4 Å². The van der Waals surface area contributed by atoms with Crippen molar-refractivity contribution in [1.82, 2.24) is 29.4 Å². The SMILES string of the molecule is CC(C)N(CC(=O)N(Cc1ccccc1)CC(O)CN(Cc1ccccc1)C(=O)CN(C(=O)CN(C(=O)OC(C)(C)C)C(C)C)C(C)C)C(=O)CN(C(=O)OC(C)(C)C)C(C)C. The predicted octanol–water partition coefficient (Wildman–Crippen LogP) is 6.17. The van der Waals surface area contributed by atoms with Crippen molar-refractivity contribution in [2.45, 2.75) is 151 Å². The Hall–Kier alpha value is -5.18. The summed E-state index contributed by atoms with van der Waals surface area (Å²) in [6.45, 7) is 23.3. The molecule has 0 radical (unpaired) electrons. The van der Waals surface area contributed by atoms with Gasteiger partial charge in [-0.05, 0) is 108 Å². The van der Waals surface area contributed by atoms with Gasteiger partial charge >= 0.3 is 12.2 Å². The third-order valence-electron chi connectivity index (χ3n) is 9.61. The van der Waals surface area contributed by atoms with Crippen LogP contribution in [0.4, 0.5) is 9.59 Å². The van der Waals surface area contributed by atoms with Crippen LogP contribution in [0.5, 0.6) is 0 Å². The molecular formula is C47H74N6O9. The predicted molar refractivity (Wildman–Crippen MR) is 240 cm³/mol. The quantitative estimate of drug-likeness (QED) is 0.164. The summed E-state index contributed by atoms with van der Waals surface area (Å²) in [5.41, 5.74) is 0.0311. The van der Waals surface area contributed by atoms with Crippen LogP contribution in [0.25, 0.3) is 0 Å². The van der Waals surface area contributed by atoms with Crippen LogP contribution < -0.4 is 0 Å². The summed E-state index contributed by atoms with van der Waals surface area (Å²) in [6.07, 6.45) is -2.52. The molecule has 0 aromatic heterocycles. The van der Waals surface area contributed by atoms with E-state index >= 15 is 0 Å². The van der Waals surface area contributed by atoms with Gasteiger partial charge in [-0.3, -0.25) is 29.0 Å². The monoisotopic (exact) mass is 867 g/mol. The molecule has 62 heavy (non-hydrogen) atoms. The van der Waals surface area contributed by atoms with E-state index < -0.39 is 65.2 Å². The molecule has 15 nitrogen and oxygen atoms in total. The summed E-state index contributed by atoms with van der Waals surface area (Å²) in [6, 6.07) is 16.9. The number of hydrogen-bond acceptors (Lipinski definition) is 9. The molecule has 0 aliphatic heterocycles. The highest BCUT2D eigenvalue weighted by atomic mass is 16.6. The number of benzene rings is 2. The summed E-state index contributed by atoms with van der Waals surface area (Å²) in [5, 5.41) is 11.8. The lowest BCUT2D eigenvalue weighted by molar-refractivity contribution is -0.145. The van der Waals surface area contributed by atoms with E-state index in [1.165, 1.54) is 29.4 Å². The molecule has 0 bridgehead atoms. The van der Waals surface area contributed by atoms with Crippen LogP contribution in [0.15, 0.2) is 60.7 Å². The van der Waals surface area contributed by atoms with Crippen LogP contribution in [0.2, 0.25) is 0 Å². The van der Waals surface area contributed by atoms with Gasteiger partial charge in [0.2, 0.25) is 23.6 Å². The first kappa shape index (κ1) is 53.0. The Morgan fingerprint density at radius 2 is 0.742 bits per heavy atom. The van der Waals surface area contributed by atoms with Gasteiger partial charge in [0.25, 0.3) is 0 Å². The van der Waals surface area contributed by atoms with Crippen molar-refractivity contribution in [2.75, 3.05) is 39.3 Å². The van der Waals surface area contributed by atoms with Gasteiger partial charge in [-0.15, -0.1) is 0 Å². The van der Waals surface area contributed by atoms with Gasteiger partial charge in [-0.25, -0.2) is 9.59 Å². The zero-order valence-corrected chi connectivity index (χ0v) is 39.7. The van der Waals surface area contributed by atoms with Gasteiger partial charge in [-0.1, -0.05) is 60.7 Å². The maximum atomic E-state index is 14.3. The zero-order chi connectivity index (χ0) is 47.1. The summed E-state index contributed by atoms with van der Waals surface area (Å²) in [7, 11) is 0. The smallest absolute Gasteiger partial charge is 0.410 e. The van der Waals surface area contributed by atoms with Crippen molar-refractivity contribution in [3.63, 3.8) is 0 Å². The lowest BCUT2D eigenvalue weighted by Gasteiger charge is -2.35. The molecule has 0 atom stereocenters. The topological polar surface area (TPSA) is 161 Å². The van der Waals surface area contributed by atoms with Gasteiger partial charge in [-0.2, -0.15) is 0 Å². The average Bonchev–Trinajstić information content (AvgIpc) is 3.15. The van der Waals surface area contributed by atoms with Crippen LogP contribution in [0, 0.1) is 0 Å². The third kappa shape index (κ3) is 18.4. The molecule has 2 rings (SSSR count). The number of nitrogens with zero attached hydrogens (tertiary/aromatic N) is 6. The fraction of sp³-hybridized carbons (Fsp3) is 0.617. The lowest BCUT2D eigenvalue weighted by Crippen LogP contribution is -2.53. The van der Waals surface area contributed by atoms with Crippen molar-refractivity contribution in [2.24, 2.45) is 0 Å². The maximum absolute atomic E-state index is 14.3. The Kier molecular flexibility index (Phi) is 20.4. The molecule has 15 heteroatoms. The lowest BCUT2D eigenvalue weighted by atomic mass is 10.1. The molecule has 1 N–H and O–H groups in total. The van der Waals surface area contributed by atoms with E-state index in [1.54, 1.807) is 96.9 Å². The van der Waals surface area contributed by atoms with Crippen molar-refractivity contribution in [1.29, 1.82) is 0 Å². The molecule has 0 saturated heterocycles. The van der Waals surface area contributed by atoms with E-state index in [2.05, 4.69) is 0 Å². The highest BCUT2D eigenvalue weighted by Gasteiger charge is 2.33. The van der Waals surface area contributed by atoms with Gasteiger partial charge in [0.15, 0.2) is 0 Å². The van der Waals surface area contributed by atoms with E-state index in [0.717, 1.165) is 11.1 Å². The highest BCUT2D eigenvalue weighted by molar-refractivity contribution is 5.89. The fourth-order valence-corrected chi connectivity index (χ4v) is 6.32. The first-order valence-corrected chi connectivity index (χ1v) is 21.6. The summed E-state index contributed by atoms with van der Waals surface area (Å²) in [5.74, 6) is -1.78. The minimum absolute atomic E-state index is 0.110. The van der Waals surface area contributed by atoms with Crippen molar-refractivity contribution in [3.05, 3.63) is 71.8 Å². The highest BCUT2D eigenvalue weighted by Crippen LogP contribution is 2.17. The Balaban J connectivity index is 2.40. The Morgan fingerprint density at radius 3 is 1.00 bits per heavy atom. The van der Waals surface area contributed by atoms with E-state index in [0.29, 0.717) is 0 Å². The molecule has 0 aliphatic carbocycles. The molecular weight excluding hydrogens is 793 g/mol. The van der Waals surface area contributed by atoms with Crippen LogP contribution in [-0.2, 0) is 41.7 Å². The molecule has 0 heterocycles. The van der Waals surface area contributed by atoms with Crippen LogP contribution in [0.1, 0.15) is 108 Å². The first-order valence-electron chi connectivity index (χ1n) is 21.6. The molecule has 346 valence electrons. The largest absolute Gasteiger partial charge is 0.444 e. The molecule has 2 aromatic rings. The minimum atomic E-state index is -1.24. The van der Waals surface area contributed by atoms with Crippen molar-refractivity contribution in [3.8, 4) is 0 Å². The van der Waals surface area contributed by atoms with E-state index in [1.807, 2.05) is 60.7 Å². The van der Waals surface area contributed by atoms with Crippen LogP contribution in [-0.4, -0.2) is 151 Å². The average molecular weight is 867 g/mol. The number of ether oxygens (including phenoxy) is 2. The van der Waals surface area contributed by atoms with Crippen molar-refractivity contribution >= 4 is 35.8 Å². The standard InChI is InChI=1S/C47H74N6O9/c1-33(2)50(42(57)31-52(35(5)6)44(59)61-46(9,10)11)29-40(55)48(25-37-21-17-15-18-22-37)27-39(54)28-49(26-38-23-19-16-20-24-38)41(56)30-51(34(3)4)43(58)32-53(36(7)8)45(60)62-47(12,13)14/h15-24,33-36,39,54H,25-32H2,1-14H3. The van der Waals surface area contributed by atoms with Crippen LogP contribution in [0.3, 0.4) is 0 Å². The number of rotatable bonds is 20. The van der Waals surface area contributed by atoms with E-state index in [9.17, 15) is 33.9 Å². The normalized spacial score (nSPS) is 11.8. The van der Waals surface area contributed by atoms with E-state index in [4.69, 9.17) is 9.47 Å². The number of amides is 6. The summed E-state index contributed by atoms with van der Waals surface area (Å²) < 4.78 is 11.1. The maximum Gasteiger partial charge on any atom is 0.410 e.